The van der Waals surface area contributed by atoms with Gasteiger partial charge in [0.1, 0.15) is 0 Å². The molecule has 1 heterocycles. The molecule has 1 unspecified atom stereocenters. The first-order valence-electron chi connectivity index (χ1n) is 6.19. The van der Waals surface area contributed by atoms with Crippen molar-refractivity contribution in [3.63, 3.8) is 0 Å². The first kappa shape index (κ1) is 13.6. The molecule has 1 aromatic carbocycles. The fourth-order valence-electron chi connectivity index (χ4n) is 1.92. The molecule has 0 aliphatic carbocycles. The smallest absolute Gasteiger partial charge is 0.255 e. The van der Waals surface area contributed by atoms with Gasteiger partial charge in [0.2, 0.25) is 0 Å². The van der Waals surface area contributed by atoms with Crippen LogP contribution in [0.15, 0.2) is 18.2 Å². The second kappa shape index (κ2) is 6.40. The highest BCUT2D eigenvalue weighted by Gasteiger charge is 2.18. The van der Waals surface area contributed by atoms with Crippen molar-refractivity contribution in [2.75, 3.05) is 33.4 Å². The molecule has 0 spiro atoms. The Morgan fingerprint density at radius 3 is 3.16 bits per heavy atom. The van der Waals surface area contributed by atoms with Gasteiger partial charge in [0.25, 0.3) is 5.91 Å². The predicted octanol–water partition coefficient (Wildman–Crippen LogP) is 0.119. The number of carbonyl (C=O) groups excluding carboxylic acids is 1. The summed E-state index contributed by atoms with van der Waals surface area (Å²) >= 11 is 0. The highest BCUT2D eigenvalue weighted by Crippen LogP contribution is 2.29. The Morgan fingerprint density at radius 2 is 2.47 bits per heavy atom. The number of methoxy groups -OCH3 is 1. The number of nitrogens with one attached hydrogen (secondary N) is 2. The van der Waals surface area contributed by atoms with Crippen LogP contribution in [0.3, 0.4) is 0 Å². The number of hydrogen-bond donors (Lipinski definition) is 3. The lowest BCUT2D eigenvalue weighted by Gasteiger charge is -2.23. The van der Waals surface area contributed by atoms with Crippen molar-refractivity contribution in [2.45, 2.75) is 6.10 Å². The number of para-hydroxylation sites is 1. The average molecular weight is 266 g/mol. The van der Waals surface area contributed by atoms with E-state index in [4.69, 9.17) is 9.47 Å². The molecular formula is C13H18N2O4. The van der Waals surface area contributed by atoms with E-state index < -0.39 is 0 Å². The highest BCUT2D eigenvalue weighted by molar-refractivity contribution is 5.97. The summed E-state index contributed by atoms with van der Waals surface area (Å²) in [5, 5.41) is 15.8. The number of carbonyl (C=O) groups is 1. The Labute approximate surface area is 111 Å². The van der Waals surface area contributed by atoms with E-state index in [0.717, 1.165) is 6.54 Å². The molecule has 104 valence electrons. The molecule has 1 amide bonds. The number of rotatable bonds is 4. The summed E-state index contributed by atoms with van der Waals surface area (Å²) in [6, 6.07) is 4.81. The zero-order valence-electron chi connectivity index (χ0n) is 10.8. The molecule has 19 heavy (non-hydrogen) atoms. The number of phenolic OH excluding ortho intramolecular Hbond substituents is 1. The van der Waals surface area contributed by atoms with E-state index in [1.54, 1.807) is 18.2 Å². The summed E-state index contributed by atoms with van der Waals surface area (Å²) in [6.07, 6.45) is -0.0366. The monoisotopic (exact) mass is 266 g/mol. The van der Waals surface area contributed by atoms with Crippen LogP contribution in [-0.2, 0) is 4.74 Å². The number of morpholine rings is 1. The summed E-state index contributed by atoms with van der Waals surface area (Å²) in [5.41, 5.74) is 0.197. The molecule has 0 bridgehead atoms. The second-order valence-corrected chi connectivity index (χ2v) is 4.26. The Kier molecular flexibility index (Phi) is 4.59. The van der Waals surface area contributed by atoms with E-state index in [1.165, 1.54) is 7.11 Å². The first-order valence-corrected chi connectivity index (χ1v) is 6.19. The van der Waals surface area contributed by atoms with Crippen molar-refractivity contribution in [1.29, 1.82) is 0 Å². The minimum Gasteiger partial charge on any atom is -0.504 e. The zero-order valence-corrected chi connectivity index (χ0v) is 10.8. The molecule has 3 N–H and O–H groups in total. The van der Waals surface area contributed by atoms with Gasteiger partial charge in [-0.05, 0) is 12.1 Å². The SMILES string of the molecule is COc1cccc(C(=O)NCC2CNCCO2)c1O. The lowest BCUT2D eigenvalue weighted by Crippen LogP contribution is -2.45. The predicted molar refractivity (Wildman–Crippen MR) is 69.6 cm³/mol. The third-order valence-electron chi connectivity index (χ3n) is 2.96. The van der Waals surface area contributed by atoms with Crippen molar-refractivity contribution in [3.8, 4) is 11.5 Å². The number of hydrogen-bond acceptors (Lipinski definition) is 5. The standard InChI is InChI=1S/C13H18N2O4/c1-18-11-4-2-3-10(12(11)16)13(17)15-8-9-7-14-5-6-19-9/h2-4,9,14,16H,5-8H2,1H3,(H,15,17). The number of aromatic hydroxyl groups is 1. The maximum Gasteiger partial charge on any atom is 0.255 e. The van der Waals surface area contributed by atoms with Gasteiger partial charge in [-0.1, -0.05) is 6.07 Å². The van der Waals surface area contributed by atoms with Crippen LogP contribution in [0.5, 0.6) is 11.5 Å². The summed E-state index contributed by atoms with van der Waals surface area (Å²) in [4.78, 5) is 12.0. The van der Waals surface area contributed by atoms with E-state index in [9.17, 15) is 9.90 Å². The minimum atomic E-state index is -0.342. The topological polar surface area (TPSA) is 79.8 Å². The van der Waals surface area contributed by atoms with E-state index in [-0.39, 0.29) is 29.1 Å². The Morgan fingerprint density at radius 1 is 1.63 bits per heavy atom. The van der Waals surface area contributed by atoms with E-state index in [2.05, 4.69) is 10.6 Å². The van der Waals surface area contributed by atoms with Crippen molar-refractivity contribution in [1.82, 2.24) is 10.6 Å². The molecule has 1 saturated heterocycles. The number of benzene rings is 1. The normalized spacial score (nSPS) is 18.9. The van der Waals surface area contributed by atoms with Crippen LogP contribution in [0.2, 0.25) is 0 Å². The van der Waals surface area contributed by atoms with Crippen LogP contribution < -0.4 is 15.4 Å². The lowest BCUT2D eigenvalue weighted by atomic mass is 10.1. The lowest BCUT2D eigenvalue weighted by molar-refractivity contribution is 0.0287. The van der Waals surface area contributed by atoms with E-state index >= 15 is 0 Å². The largest absolute Gasteiger partial charge is 0.504 e. The molecule has 1 atom stereocenters. The highest BCUT2D eigenvalue weighted by atomic mass is 16.5. The molecular weight excluding hydrogens is 248 g/mol. The third kappa shape index (κ3) is 3.36. The van der Waals surface area contributed by atoms with Gasteiger partial charge in [-0.25, -0.2) is 0 Å². The Balaban J connectivity index is 1.95. The van der Waals surface area contributed by atoms with Gasteiger partial charge in [0.05, 0.1) is 25.4 Å². The molecule has 0 radical (unpaired) electrons. The fraction of sp³-hybridized carbons (Fsp3) is 0.462. The van der Waals surface area contributed by atoms with Gasteiger partial charge < -0.3 is 25.2 Å². The van der Waals surface area contributed by atoms with Crippen LogP contribution in [0.4, 0.5) is 0 Å². The Bertz CT molecular complexity index is 444. The molecule has 1 aromatic rings. The molecule has 0 saturated carbocycles. The van der Waals surface area contributed by atoms with Crippen molar-refractivity contribution in [3.05, 3.63) is 23.8 Å². The average Bonchev–Trinajstić information content (AvgIpc) is 2.46. The minimum absolute atomic E-state index is 0.0366. The van der Waals surface area contributed by atoms with Gasteiger partial charge in [0, 0.05) is 19.6 Å². The third-order valence-corrected chi connectivity index (χ3v) is 2.96. The van der Waals surface area contributed by atoms with Crippen LogP contribution in [0, 0.1) is 0 Å². The van der Waals surface area contributed by atoms with Crippen LogP contribution >= 0.6 is 0 Å². The number of phenols is 1. The van der Waals surface area contributed by atoms with Gasteiger partial charge in [-0.15, -0.1) is 0 Å². The van der Waals surface area contributed by atoms with Crippen LogP contribution in [0.1, 0.15) is 10.4 Å². The van der Waals surface area contributed by atoms with Gasteiger partial charge in [-0.3, -0.25) is 4.79 Å². The molecule has 1 aliphatic rings. The number of ether oxygens (including phenoxy) is 2. The summed E-state index contributed by atoms with van der Waals surface area (Å²) in [5.74, 6) is -0.209. The van der Waals surface area contributed by atoms with Crippen molar-refractivity contribution < 1.29 is 19.4 Å². The maximum atomic E-state index is 12.0. The molecule has 0 aromatic heterocycles. The van der Waals surface area contributed by atoms with Crippen molar-refractivity contribution >= 4 is 5.91 Å². The molecule has 6 nitrogen and oxygen atoms in total. The van der Waals surface area contributed by atoms with E-state index in [0.29, 0.717) is 19.7 Å². The quantitative estimate of drug-likeness (QED) is 0.721. The maximum absolute atomic E-state index is 12.0. The van der Waals surface area contributed by atoms with Crippen molar-refractivity contribution in [2.24, 2.45) is 0 Å². The number of amides is 1. The Hall–Kier alpha value is -1.79. The first-order chi connectivity index (χ1) is 9.22. The van der Waals surface area contributed by atoms with Gasteiger partial charge in [-0.2, -0.15) is 0 Å². The summed E-state index contributed by atoms with van der Waals surface area (Å²) < 4.78 is 10.4. The van der Waals surface area contributed by atoms with Crippen LogP contribution in [-0.4, -0.2) is 50.5 Å². The van der Waals surface area contributed by atoms with Gasteiger partial charge >= 0.3 is 0 Å². The summed E-state index contributed by atoms with van der Waals surface area (Å²) in [6.45, 7) is 2.60. The molecule has 6 heteroatoms. The van der Waals surface area contributed by atoms with Gasteiger partial charge in [0.15, 0.2) is 11.5 Å². The summed E-state index contributed by atoms with van der Waals surface area (Å²) in [7, 11) is 1.44. The molecule has 2 rings (SSSR count). The van der Waals surface area contributed by atoms with Crippen LogP contribution in [0.25, 0.3) is 0 Å². The fourth-order valence-corrected chi connectivity index (χ4v) is 1.92. The molecule has 1 aliphatic heterocycles. The zero-order chi connectivity index (χ0) is 13.7. The van der Waals surface area contributed by atoms with E-state index in [1.807, 2.05) is 0 Å². The second-order valence-electron chi connectivity index (χ2n) is 4.26. The molecule has 1 fully saturated rings.